The molecular formula is C17H19NO2. The molecule has 2 aromatic rings. The van der Waals surface area contributed by atoms with Crippen LogP contribution in [-0.2, 0) is 19.5 Å². The van der Waals surface area contributed by atoms with Crippen molar-refractivity contribution < 1.29 is 9.84 Å². The van der Waals surface area contributed by atoms with Crippen LogP contribution < -0.4 is 4.74 Å². The van der Waals surface area contributed by atoms with Crippen LogP contribution in [0.3, 0.4) is 0 Å². The molecule has 3 nitrogen and oxygen atoms in total. The van der Waals surface area contributed by atoms with E-state index in [1.54, 1.807) is 13.2 Å². The quantitative estimate of drug-likeness (QED) is 0.930. The number of hydrogen-bond donors (Lipinski definition) is 1. The third-order valence-corrected chi connectivity index (χ3v) is 3.85. The number of ether oxygens (including phenoxy) is 1. The first-order chi connectivity index (χ1) is 9.74. The van der Waals surface area contributed by atoms with Gasteiger partial charge in [0, 0.05) is 19.6 Å². The molecule has 0 saturated carbocycles. The van der Waals surface area contributed by atoms with Gasteiger partial charge in [0.15, 0.2) is 0 Å². The minimum Gasteiger partial charge on any atom is -0.508 e. The van der Waals surface area contributed by atoms with Crippen molar-refractivity contribution in [2.75, 3.05) is 13.7 Å². The molecule has 1 aliphatic heterocycles. The molecule has 3 rings (SSSR count). The molecule has 104 valence electrons. The van der Waals surface area contributed by atoms with E-state index < -0.39 is 0 Å². The molecule has 0 radical (unpaired) electrons. The SMILES string of the molecule is COc1ccc(CN2CCc3cc(O)ccc3C2)cc1. The molecule has 0 spiro atoms. The van der Waals surface area contributed by atoms with Crippen LogP contribution in [0.5, 0.6) is 11.5 Å². The van der Waals surface area contributed by atoms with Crippen molar-refractivity contribution in [2.45, 2.75) is 19.5 Å². The van der Waals surface area contributed by atoms with E-state index in [-0.39, 0.29) is 0 Å². The van der Waals surface area contributed by atoms with Crippen molar-refractivity contribution in [1.29, 1.82) is 0 Å². The van der Waals surface area contributed by atoms with E-state index in [9.17, 15) is 5.11 Å². The Labute approximate surface area is 119 Å². The fourth-order valence-electron chi connectivity index (χ4n) is 2.72. The minimum absolute atomic E-state index is 0.368. The van der Waals surface area contributed by atoms with Gasteiger partial charge in [-0.15, -0.1) is 0 Å². The molecule has 1 N–H and O–H groups in total. The normalized spacial score (nSPS) is 14.8. The lowest BCUT2D eigenvalue weighted by molar-refractivity contribution is 0.245. The lowest BCUT2D eigenvalue weighted by Gasteiger charge is -2.28. The van der Waals surface area contributed by atoms with Gasteiger partial charge in [0.25, 0.3) is 0 Å². The first-order valence-corrected chi connectivity index (χ1v) is 6.90. The summed E-state index contributed by atoms with van der Waals surface area (Å²) >= 11 is 0. The van der Waals surface area contributed by atoms with Gasteiger partial charge in [0.05, 0.1) is 7.11 Å². The Kier molecular flexibility index (Phi) is 3.61. The van der Waals surface area contributed by atoms with Crippen molar-refractivity contribution in [3.05, 3.63) is 59.2 Å². The summed E-state index contributed by atoms with van der Waals surface area (Å²) in [7, 11) is 1.69. The maximum absolute atomic E-state index is 9.51. The Hall–Kier alpha value is -2.00. The Morgan fingerprint density at radius 1 is 1.10 bits per heavy atom. The number of phenols is 1. The highest BCUT2D eigenvalue weighted by atomic mass is 16.5. The number of rotatable bonds is 3. The molecule has 0 fully saturated rings. The van der Waals surface area contributed by atoms with E-state index in [2.05, 4.69) is 17.0 Å². The molecule has 0 aromatic heterocycles. The van der Waals surface area contributed by atoms with E-state index >= 15 is 0 Å². The molecule has 2 aromatic carbocycles. The van der Waals surface area contributed by atoms with Gasteiger partial charge in [-0.1, -0.05) is 18.2 Å². The van der Waals surface area contributed by atoms with Crippen molar-refractivity contribution in [3.63, 3.8) is 0 Å². The van der Waals surface area contributed by atoms with Gasteiger partial charge in [-0.05, 0) is 47.4 Å². The monoisotopic (exact) mass is 269 g/mol. The summed E-state index contributed by atoms with van der Waals surface area (Å²) in [6, 6.07) is 13.9. The first-order valence-electron chi connectivity index (χ1n) is 6.90. The number of benzene rings is 2. The fraction of sp³-hybridized carbons (Fsp3) is 0.294. The van der Waals surface area contributed by atoms with Gasteiger partial charge in [0.1, 0.15) is 11.5 Å². The Morgan fingerprint density at radius 3 is 2.65 bits per heavy atom. The average molecular weight is 269 g/mol. The van der Waals surface area contributed by atoms with E-state index in [1.165, 1.54) is 16.7 Å². The van der Waals surface area contributed by atoms with Gasteiger partial charge in [-0.3, -0.25) is 4.90 Å². The van der Waals surface area contributed by atoms with Gasteiger partial charge in [-0.2, -0.15) is 0 Å². The first kappa shape index (κ1) is 13.0. The van der Waals surface area contributed by atoms with E-state index in [0.29, 0.717) is 5.75 Å². The molecule has 3 heteroatoms. The van der Waals surface area contributed by atoms with Crippen molar-refractivity contribution in [3.8, 4) is 11.5 Å². The summed E-state index contributed by atoms with van der Waals surface area (Å²) < 4.78 is 5.18. The second-order valence-corrected chi connectivity index (χ2v) is 5.26. The zero-order valence-corrected chi connectivity index (χ0v) is 11.7. The summed E-state index contributed by atoms with van der Waals surface area (Å²) in [5.74, 6) is 1.26. The average Bonchev–Trinajstić information content (AvgIpc) is 2.48. The summed E-state index contributed by atoms with van der Waals surface area (Å²) in [6.45, 7) is 2.93. The van der Waals surface area contributed by atoms with Crippen molar-refractivity contribution in [2.24, 2.45) is 0 Å². The highest BCUT2D eigenvalue weighted by Gasteiger charge is 2.16. The highest BCUT2D eigenvalue weighted by molar-refractivity contribution is 5.36. The molecule has 0 amide bonds. The molecule has 0 unspecified atom stereocenters. The zero-order chi connectivity index (χ0) is 13.9. The molecule has 20 heavy (non-hydrogen) atoms. The van der Waals surface area contributed by atoms with Crippen LogP contribution in [0.25, 0.3) is 0 Å². The zero-order valence-electron chi connectivity index (χ0n) is 11.7. The lowest BCUT2D eigenvalue weighted by Crippen LogP contribution is -2.29. The largest absolute Gasteiger partial charge is 0.508 e. The lowest BCUT2D eigenvalue weighted by atomic mass is 9.99. The maximum Gasteiger partial charge on any atom is 0.118 e. The van der Waals surface area contributed by atoms with Gasteiger partial charge < -0.3 is 9.84 Å². The van der Waals surface area contributed by atoms with Crippen LogP contribution in [0.4, 0.5) is 0 Å². The second-order valence-electron chi connectivity index (χ2n) is 5.26. The van der Waals surface area contributed by atoms with E-state index in [1.807, 2.05) is 24.3 Å². The number of aromatic hydroxyl groups is 1. The van der Waals surface area contributed by atoms with Crippen LogP contribution in [0, 0.1) is 0 Å². The van der Waals surface area contributed by atoms with Crippen molar-refractivity contribution >= 4 is 0 Å². The van der Waals surface area contributed by atoms with E-state index in [0.717, 1.165) is 31.8 Å². The molecule has 0 aliphatic carbocycles. The second kappa shape index (κ2) is 5.55. The fourth-order valence-corrected chi connectivity index (χ4v) is 2.72. The topological polar surface area (TPSA) is 32.7 Å². The molecule has 1 aliphatic rings. The smallest absolute Gasteiger partial charge is 0.118 e. The number of hydrogen-bond acceptors (Lipinski definition) is 3. The maximum atomic E-state index is 9.51. The van der Waals surface area contributed by atoms with Crippen LogP contribution in [-0.4, -0.2) is 23.7 Å². The number of methoxy groups -OCH3 is 1. The third-order valence-electron chi connectivity index (χ3n) is 3.85. The summed E-state index contributed by atoms with van der Waals surface area (Å²) in [6.07, 6.45) is 1.000. The molecule has 1 heterocycles. The Morgan fingerprint density at radius 2 is 1.90 bits per heavy atom. The van der Waals surface area contributed by atoms with Crippen LogP contribution in [0.15, 0.2) is 42.5 Å². The Balaban J connectivity index is 1.69. The summed E-state index contributed by atoms with van der Waals surface area (Å²) in [4.78, 5) is 2.43. The standard InChI is InChI=1S/C17H19NO2/c1-20-17-6-2-13(3-7-17)11-18-9-8-14-10-16(19)5-4-15(14)12-18/h2-7,10,19H,8-9,11-12H2,1H3. The Bertz CT molecular complexity index is 592. The molecule has 0 saturated heterocycles. The molecule has 0 bridgehead atoms. The number of nitrogens with zero attached hydrogens (tertiary/aromatic N) is 1. The molecular weight excluding hydrogens is 250 g/mol. The third kappa shape index (κ3) is 2.78. The van der Waals surface area contributed by atoms with Crippen LogP contribution >= 0.6 is 0 Å². The van der Waals surface area contributed by atoms with E-state index in [4.69, 9.17) is 4.74 Å². The van der Waals surface area contributed by atoms with Gasteiger partial charge in [0.2, 0.25) is 0 Å². The molecule has 0 atom stereocenters. The van der Waals surface area contributed by atoms with Crippen LogP contribution in [0.2, 0.25) is 0 Å². The summed E-state index contributed by atoms with van der Waals surface area (Å²) in [5.41, 5.74) is 3.89. The number of phenolic OH excluding ortho intramolecular Hbond substituents is 1. The summed E-state index contributed by atoms with van der Waals surface area (Å²) in [5, 5.41) is 9.51. The van der Waals surface area contributed by atoms with Gasteiger partial charge in [-0.25, -0.2) is 0 Å². The highest BCUT2D eigenvalue weighted by Crippen LogP contribution is 2.24. The predicted molar refractivity (Wildman–Crippen MR) is 78.9 cm³/mol. The number of fused-ring (bicyclic) bond motifs is 1. The van der Waals surface area contributed by atoms with Crippen LogP contribution in [0.1, 0.15) is 16.7 Å². The predicted octanol–water partition coefficient (Wildman–Crippen LogP) is 2.96. The van der Waals surface area contributed by atoms with Crippen molar-refractivity contribution in [1.82, 2.24) is 4.90 Å². The van der Waals surface area contributed by atoms with Gasteiger partial charge >= 0.3 is 0 Å². The minimum atomic E-state index is 0.368.